The minimum Gasteiger partial charge on any atom is -0.454 e. The van der Waals surface area contributed by atoms with E-state index in [1.54, 1.807) is 0 Å². The number of rotatable bonds is 4. The Morgan fingerprint density at radius 3 is 2.80 bits per heavy atom. The summed E-state index contributed by atoms with van der Waals surface area (Å²) in [6, 6.07) is 6.18. The van der Waals surface area contributed by atoms with Crippen LogP contribution in [0.25, 0.3) is 0 Å². The van der Waals surface area contributed by atoms with Gasteiger partial charge in [0, 0.05) is 18.2 Å². The first kappa shape index (κ1) is 13.0. The SMILES string of the molecule is Cc1noc(C)c1C(C)NCc1ccc2c(c1)OCO2. The molecule has 1 N–H and O–H groups in total. The third-order valence-electron chi connectivity index (χ3n) is 3.57. The quantitative estimate of drug-likeness (QED) is 0.929. The van der Waals surface area contributed by atoms with Crippen LogP contribution in [0.1, 0.15) is 35.5 Å². The van der Waals surface area contributed by atoms with Gasteiger partial charge in [0.1, 0.15) is 5.76 Å². The highest BCUT2D eigenvalue weighted by molar-refractivity contribution is 5.44. The van der Waals surface area contributed by atoms with Crippen LogP contribution in [0, 0.1) is 13.8 Å². The fourth-order valence-electron chi connectivity index (χ4n) is 2.53. The molecule has 5 heteroatoms. The molecule has 0 fully saturated rings. The van der Waals surface area contributed by atoms with Crippen LogP contribution in [0.4, 0.5) is 0 Å². The van der Waals surface area contributed by atoms with E-state index in [1.165, 1.54) is 0 Å². The average molecular weight is 274 g/mol. The van der Waals surface area contributed by atoms with Crippen LogP contribution >= 0.6 is 0 Å². The van der Waals surface area contributed by atoms with Gasteiger partial charge in [-0.1, -0.05) is 11.2 Å². The number of nitrogens with zero attached hydrogens (tertiary/aromatic N) is 1. The molecule has 20 heavy (non-hydrogen) atoms. The fraction of sp³-hybridized carbons (Fsp3) is 0.400. The molecule has 0 bridgehead atoms. The maximum atomic E-state index is 5.38. The first-order chi connectivity index (χ1) is 9.65. The molecule has 5 nitrogen and oxygen atoms in total. The second-order valence-corrected chi connectivity index (χ2v) is 5.03. The summed E-state index contributed by atoms with van der Waals surface area (Å²) in [4.78, 5) is 0. The smallest absolute Gasteiger partial charge is 0.231 e. The van der Waals surface area contributed by atoms with Gasteiger partial charge in [0.2, 0.25) is 6.79 Å². The van der Waals surface area contributed by atoms with Crippen LogP contribution in [0.2, 0.25) is 0 Å². The maximum absolute atomic E-state index is 5.38. The molecule has 3 rings (SSSR count). The molecule has 1 unspecified atom stereocenters. The highest BCUT2D eigenvalue weighted by atomic mass is 16.7. The minimum atomic E-state index is 0.187. The lowest BCUT2D eigenvalue weighted by molar-refractivity contribution is 0.174. The van der Waals surface area contributed by atoms with Crippen molar-refractivity contribution in [3.8, 4) is 11.5 Å². The second-order valence-electron chi connectivity index (χ2n) is 5.03. The number of nitrogens with one attached hydrogen (secondary N) is 1. The number of aryl methyl sites for hydroxylation is 2. The van der Waals surface area contributed by atoms with Gasteiger partial charge in [0.25, 0.3) is 0 Å². The summed E-state index contributed by atoms with van der Waals surface area (Å²) in [5.41, 5.74) is 3.23. The molecule has 1 aliphatic heterocycles. The molecule has 1 atom stereocenters. The number of aromatic nitrogens is 1. The summed E-state index contributed by atoms with van der Waals surface area (Å²) in [6.45, 7) is 7.07. The van der Waals surface area contributed by atoms with E-state index in [0.29, 0.717) is 6.79 Å². The molecule has 1 aromatic heterocycles. The van der Waals surface area contributed by atoms with Crippen LogP contribution in [-0.2, 0) is 6.54 Å². The molecule has 106 valence electrons. The van der Waals surface area contributed by atoms with Crippen molar-refractivity contribution < 1.29 is 14.0 Å². The number of ether oxygens (including phenoxy) is 2. The van der Waals surface area contributed by atoms with Crippen molar-refractivity contribution in [3.05, 3.63) is 40.8 Å². The molecule has 0 amide bonds. The van der Waals surface area contributed by atoms with Crippen molar-refractivity contribution >= 4 is 0 Å². The summed E-state index contributed by atoms with van der Waals surface area (Å²) < 4.78 is 15.9. The third kappa shape index (κ3) is 2.36. The Morgan fingerprint density at radius 1 is 1.25 bits per heavy atom. The van der Waals surface area contributed by atoms with E-state index < -0.39 is 0 Å². The second kappa shape index (κ2) is 5.17. The van der Waals surface area contributed by atoms with Crippen LogP contribution < -0.4 is 14.8 Å². The van der Waals surface area contributed by atoms with Crippen LogP contribution in [-0.4, -0.2) is 11.9 Å². The zero-order valence-electron chi connectivity index (χ0n) is 11.9. The van der Waals surface area contributed by atoms with Crippen LogP contribution in [0.15, 0.2) is 22.7 Å². The highest BCUT2D eigenvalue weighted by Gasteiger charge is 2.17. The zero-order chi connectivity index (χ0) is 14.1. The lowest BCUT2D eigenvalue weighted by Gasteiger charge is -2.14. The van der Waals surface area contributed by atoms with Crippen molar-refractivity contribution in [1.82, 2.24) is 10.5 Å². The van der Waals surface area contributed by atoms with E-state index in [2.05, 4.69) is 17.4 Å². The number of hydrogen-bond acceptors (Lipinski definition) is 5. The molecule has 0 saturated heterocycles. The molecular weight excluding hydrogens is 256 g/mol. The Balaban J connectivity index is 1.67. The van der Waals surface area contributed by atoms with E-state index >= 15 is 0 Å². The number of benzene rings is 1. The van der Waals surface area contributed by atoms with E-state index in [1.807, 2.05) is 32.0 Å². The van der Waals surface area contributed by atoms with Gasteiger partial charge in [0.05, 0.1) is 5.69 Å². The van der Waals surface area contributed by atoms with E-state index in [9.17, 15) is 0 Å². The Kier molecular flexibility index (Phi) is 3.36. The lowest BCUT2D eigenvalue weighted by atomic mass is 10.1. The molecule has 0 radical (unpaired) electrons. The van der Waals surface area contributed by atoms with Crippen molar-refractivity contribution in [2.24, 2.45) is 0 Å². The minimum absolute atomic E-state index is 0.187. The molecule has 0 spiro atoms. The molecule has 2 heterocycles. The van der Waals surface area contributed by atoms with Gasteiger partial charge in [-0.3, -0.25) is 0 Å². The standard InChI is InChI=1S/C15H18N2O3/c1-9(15-10(2)17-20-11(15)3)16-7-12-4-5-13-14(6-12)19-8-18-13/h4-6,9,16H,7-8H2,1-3H3. The summed E-state index contributed by atoms with van der Waals surface area (Å²) in [7, 11) is 0. The highest BCUT2D eigenvalue weighted by Crippen LogP contribution is 2.32. The van der Waals surface area contributed by atoms with E-state index in [0.717, 1.165) is 40.6 Å². The predicted octanol–water partition coefficient (Wildman–Crippen LogP) is 2.87. The molecular formula is C15H18N2O3. The van der Waals surface area contributed by atoms with E-state index in [-0.39, 0.29) is 6.04 Å². The monoisotopic (exact) mass is 274 g/mol. The van der Waals surface area contributed by atoms with Gasteiger partial charge >= 0.3 is 0 Å². The van der Waals surface area contributed by atoms with Crippen molar-refractivity contribution in [2.45, 2.75) is 33.4 Å². The van der Waals surface area contributed by atoms with Gasteiger partial charge in [-0.2, -0.15) is 0 Å². The fourth-order valence-corrected chi connectivity index (χ4v) is 2.53. The summed E-state index contributed by atoms with van der Waals surface area (Å²) in [5.74, 6) is 2.50. The molecule has 0 aliphatic carbocycles. The van der Waals surface area contributed by atoms with Crippen LogP contribution in [0.3, 0.4) is 0 Å². The molecule has 2 aromatic rings. The number of fused-ring (bicyclic) bond motifs is 1. The van der Waals surface area contributed by atoms with Crippen LogP contribution in [0.5, 0.6) is 11.5 Å². The maximum Gasteiger partial charge on any atom is 0.231 e. The Labute approximate surface area is 117 Å². The van der Waals surface area contributed by atoms with Gasteiger partial charge in [0.15, 0.2) is 11.5 Å². The Bertz CT molecular complexity index is 602. The summed E-state index contributed by atoms with van der Waals surface area (Å²) in [6.07, 6.45) is 0. The topological polar surface area (TPSA) is 56.5 Å². The van der Waals surface area contributed by atoms with Gasteiger partial charge in [-0.15, -0.1) is 0 Å². The summed E-state index contributed by atoms with van der Waals surface area (Å²) in [5, 5.41) is 7.47. The van der Waals surface area contributed by atoms with Gasteiger partial charge < -0.3 is 19.3 Å². The van der Waals surface area contributed by atoms with Crippen molar-refractivity contribution in [3.63, 3.8) is 0 Å². The van der Waals surface area contributed by atoms with Gasteiger partial charge in [-0.05, 0) is 38.5 Å². The Hall–Kier alpha value is -2.01. The van der Waals surface area contributed by atoms with E-state index in [4.69, 9.17) is 14.0 Å². The largest absolute Gasteiger partial charge is 0.454 e. The van der Waals surface area contributed by atoms with Gasteiger partial charge in [-0.25, -0.2) is 0 Å². The molecule has 1 aliphatic rings. The Morgan fingerprint density at radius 2 is 2.05 bits per heavy atom. The lowest BCUT2D eigenvalue weighted by Crippen LogP contribution is -2.19. The average Bonchev–Trinajstić information content (AvgIpc) is 3.02. The normalized spacial score (nSPS) is 14.6. The third-order valence-corrected chi connectivity index (χ3v) is 3.57. The molecule has 0 saturated carbocycles. The first-order valence-corrected chi connectivity index (χ1v) is 6.70. The summed E-state index contributed by atoms with van der Waals surface area (Å²) >= 11 is 0. The van der Waals surface area contributed by atoms with Crippen molar-refractivity contribution in [1.29, 1.82) is 0 Å². The number of hydrogen-bond donors (Lipinski definition) is 1. The zero-order valence-corrected chi connectivity index (χ0v) is 11.9. The first-order valence-electron chi connectivity index (χ1n) is 6.70. The van der Waals surface area contributed by atoms with Crippen molar-refractivity contribution in [2.75, 3.05) is 6.79 Å². The molecule has 1 aromatic carbocycles. The predicted molar refractivity (Wildman–Crippen MR) is 73.8 cm³/mol.